The van der Waals surface area contributed by atoms with Crippen molar-refractivity contribution in [2.24, 2.45) is 11.8 Å². The van der Waals surface area contributed by atoms with Crippen LogP contribution >= 0.6 is 0 Å². The summed E-state index contributed by atoms with van der Waals surface area (Å²) in [5.74, 6) is 1.18. The van der Waals surface area contributed by atoms with Gasteiger partial charge in [-0.1, -0.05) is 66.2 Å². The third-order valence-electron chi connectivity index (χ3n) is 5.53. The van der Waals surface area contributed by atoms with E-state index in [9.17, 15) is 9.59 Å². The van der Waals surface area contributed by atoms with Gasteiger partial charge in [0.2, 0.25) is 0 Å². The van der Waals surface area contributed by atoms with E-state index in [-0.39, 0.29) is 24.1 Å². The Kier molecular flexibility index (Phi) is 13.3. The number of carbonyl (C=O) groups is 2. The Balaban J connectivity index is 2.24. The average molecular weight is 397 g/mol. The van der Waals surface area contributed by atoms with Crippen molar-refractivity contribution in [1.82, 2.24) is 0 Å². The van der Waals surface area contributed by atoms with E-state index in [2.05, 4.69) is 27.7 Å². The lowest BCUT2D eigenvalue weighted by atomic mass is 9.94. The van der Waals surface area contributed by atoms with Gasteiger partial charge in [-0.25, -0.2) is 0 Å². The van der Waals surface area contributed by atoms with Crippen molar-refractivity contribution in [1.29, 1.82) is 0 Å². The van der Waals surface area contributed by atoms with Crippen molar-refractivity contribution >= 4 is 11.9 Å². The molecule has 0 bridgehead atoms. The van der Waals surface area contributed by atoms with Crippen molar-refractivity contribution in [3.63, 3.8) is 0 Å². The maximum atomic E-state index is 12.2. The number of carbonyl (C=O) groups excluding carboxylic acids is 2. The highest BCUT2D eigenvalue weighted by Gasteiger charge is 2.31. The van der Waals surface area contributed by atoms with Crippen LogP contribution in [-0.4, -0.2) is 24.1 Å². The van der Waals surface area contributed by atoms with Crippen LogP contribution in [0.3, 0.4) is 0 Å². The monoisotopic (exact) mass is 396 g/mol. The smallest absolute Gasteiger partial charge is 0.306 e. The Morgan fingerprint density at radius 1 is 0.679 bits per heavy atom. The van der Waals surface area contributed by atoms with E-state index < -0.39 is 0 Å². The summed E-state index contributed by atoms with van der Waals surface area (Å²) in [4.78, 5) is 24.4. The average Bonchev–Trinajstić information content (AvgIpc) is 2.62. The fourth-order valence-corrected chi connectivity index (χ4v) is 3.79. The summed E-state index contributed by atoms with van der Waals surface area (Å²) in [6, 6.07) is 0. The molecule has 0 heterocycles. The minimum atomic E-state index is -0.248. The fraction of sp³-hybridized carbons (Fsp3) is 0.917. The Labute approximate surface area is 173 Å². The number of hydrogen-bond donors (Lipinski definition) is 0. The van der Waals surface area contributed by atoms with Gasteiger partial charge in [-0.15, -0.1) is 0 Å². The van der Waals surface area contributed by atoms with Gasteiger partial charge in [0, 0.05) is 12.8 Å². The molecule has 0 amide bonds. The summed E-state index contributed by atoms with van der Waals surface area (Å²) >= 11 is 0. The lowest BCUT2D eigenvalue weighted by Gasteiger charge is -2.30. The van der Waals surface area contributed by atoms with Gasteiger partial charge in [0.05, 0.1) is 0 Å². The molecule has 2 unspecified atom stereocenters. The topological polar surface area (TPSA) is 52.6 Å². The molecule has 0 aromatic rings. The molecule has 4 nitrogen and oxygen atoms in total. The van der Waals surface area contributed by atoms with E-state index in [4.69, 9.17) is 9.47 Å². The Morgan fingerprint density at radius 2 is 1.07 bits per heavy atom. The molecule has 0 saturated heterocycles. The SMILES string of the molecule is CC(C)CCCCCC(=O)OC1CCCCC1OC(=O)CCCCCC(C)C. The van der Waals surface area contributed by atoms with Crippen LogP contribution in [0.5, 0.6) is 0 Å². The molecule has 1 saturated carbocycles. The largest absolute Gasteiger partial charge is 0.458 e. The molecule has 2 atom stereocenters. The molecule has 4 heteroatoms. The predicted molar refractivity (Wildman–Crippen MR) is 114 cm³/mol. The third kappa shape index (κ3) is 12.4. The van der Waals surface area contributed by atoms with Crippen LogP contribution in [0.1, 0.15) is 118 Å². The van der Waals surface area contributed by atoms with Gasteiger partial charge in [0.15, 0.2) is 0 Å². The number of ether oxygens (including phenoxy) is 2. The first-order valence-corrected chi connectivity index (χ1v) is 11.8. The van der Waals surface area contributed by atoms with Crippen LogP contribution in [0, 0.1) is 11.8 Å². The Hall–Kier alpha value is -1.06. The van der Waals surface area contributed by atoms with Crippen molar-refractivity contribution < 1.29 is 19.1 Å². The summed E-state index contributed by atoms with van der Waals surface area (Å²) in [6.45, 7) is 8.91. The summed E-state index contributed by atoms with van der Waals surface area (Å²) < 4.78 is 11.4. The first-order chi connectivity index (χ1) is 13.4. The van der Waals surface area contributed by atoms with Crippen molar-refractivity contribution in [3.8, 4) is 0 Å². The highest BCUT2D eigenvalue weighted by Crippen LogP contribution is 2.25. The fourth-order valence-electron chi connectivity index (χ4n) is 3.79. The number of hydrogen-bond acceptors (Lipinski definition) is 4. The number of rotatable bonds is 14. The second kappa shape index (κ2) is 14.9. The molecule has 1 fully saturated rings. The predicted octanol–water partition coefficient (Wildman–Crippen LogP) is 6.60. The van der Waals surface area contributed by atoms with Crippen LogP contribution in [0.25, 0.3) is 0 Å². The second-order valence-electron chi connectivity index (χ2n) is 9.33. The van der Waals surface area contributed by atoms with Crippen LogP contribution in [0.4, 0.5) is 0 Å². The van der Waals surface area contributed by atoms with Gasteiger partial charge in [0.1, 0.15) is 12.2 Å². The zero-order chi connectivity index (χ0) is 20.8. The van der Waals surface area contributed by atoms with Gasteiger partial charge in [-0.05, 0) is 50.4 Å². The molecule has 28 heavy (non-hydrogen) atoms. The first kappa shape index (κ1) is 25.0. The molecular weight excluding hydrogens is 352 g/mol. The minimum Gasteiger partial charge on any atom is -0.458 e. The molecule has 0 N–H and O–H groups in total. The van der Waals surface area contributed by atoms with E-state index in [1.165, 1.54) is 25.7 Å². The van der Waals surface area contributed by atoms with Gasteiger partial charge >= 0.3 is 11.9 Å². The van der Waals surface area contributed by atoms with E-state index in [1.54, 1.807) is 0 Å². The molecule has 0 aromatic heterocycles. The number of unbranched alkanes of at least 4 members (excludes halogenated alkanes) is 4. The van der Waals surface area contributed by atoms with Crippen molar-refractivity contribution in [2.45, 2.75) is 130 Å². The highest BCUT2D eigenvalue weighted by molar-refractivity contribution is 5.70. The third-order valence-corrected chi connectivity index (χ3v) is 5.53. The second-order valence-corrected chi connectivity index (χ2v) is 9.33. The maximum Gasteiger partial charge on any atom is 0.306 e. The first-order valence-electron chi connectivity index (χ1n) is 11.8. The summed E-state index contributed by atoms with van der Waals surface area (Å²) in [5, 5.41) is 0. The summed E-state index contributed by atoms with van der Waals surface area (Å²) in [7, 11) is 0. The molecule has 1 rings (SSSR count). The molecule has 0 radical (unpaired) electrons. The zero-order valence-electron chi connectivity index (χ0n) is 18.8. The van der Waals surface area contributed by atoms with Crippen molar-refractivity contribution in [2.75, 3.05) is 0 Å². The molecular formula is C24H44O4. The maximum absolute atomic E-state index is 12.2. The zero-order valence-corrected chi connectivity index (χ0v) is 18.8. The van der Waals surface area contributed by atoms with Gasteiger partial charge in [0.25, 0.3) is 0 Å². The lowest BCUT2D eigenvalue weighted by molar-refractivity contribution is -0.171. The molecule has 164 valence electrons. The van der Waals surface area contributed by atoms with E-state index in [0.717, 1.165) is 63.2 Å². The van der Waals surface area contributed by atoms with Gasteiger partial charge < -0.3 is 9.47 Å². The van der Waals surface area contributed by atoms with E-state index in [1.807, 2.05) is 0 Å². The standard InChI is InChI=1S/C24H44O4/c1-19(2)13-7-5-9-17-23(25)27-21-15-11-12-16-22(21)28-24(26)18-10-6-8-14-20(3)4/h19-22H,5-18H2,1-4H3. The molecule has 0 aliphatic heterocycles. The van der Waals surface area contributed by atoms with Crippen LogP contribution in [-0.2, 0) is 19.1 Å². The van der Waals surface area contributed by atoms with Crippen LogP contribution in [0.2, 0.25) is 0 Å². The Bertz CT molecular complexity index is 390. The molecule has 1 aliphatic carbocycles. The van der Waals surface area contributed by atoms with Crippen molar-refractivity contribution in [3.05, 3.63) is 0 Å². The number of esters is 2. The Morgan fingerprint density at radius 3 is 1.43 bits per heavy atom. The molecule has 0 aromatic carbocycles. The normalized spacial score (nSPS) is 19.8. The van der Waals surface area contributed by atoms with E-state index in [0.29, 0.717) is 12.8 Å². The molecule has 0 spiro atoms. The highest BCUT2D eigenvalue weighted by atomic mass is 16.6. The molecule has 1 aliphatic rings. The van der Waals surface area contributed by atoms with Crippen LogP contribution < -0.4 is 0 Å². The van der Waals surface area contributed by atoms with E-state index >= 15 is 0 Å². The van der Waals surface area contributed by atoms with Gasteiger partial charge in [-0.2, -0.15) is 0 Å². The summed E-state index contributed by atoms with van der Waals surface area (Å²) in [6.07, 6.45) is 12.9. The summed E-state index contributed by atoms with van der Waals surface area (Å²) in [5.41, 5.74) is 0. The quantitative estimate of drug-likeness (QED) is 0.245. The minimum absolute atomic E-state index is 0.133. The lowest BCUT2D eigenvalue weighted by Crippen LogP contribution is -2.37. The van der Waals surface area contributed by atoms with Gasteiger partial charge in [-0.3, -0.25) is 9.59 Å². The van der Waals surface area contributed by atoms with Crippen LogP contribution in [0.15, 0.2) is 0 Å².